The van der Waals surface area contributed by atoms with Gasteiger partial charge in [-0.3, -0.25) is 4.79 Å². The van der Waals surface area contributed by atoms with E-state index in [1.165, 1.54) is 44.4 Å². The molecule has 2 aromatic rings. The molecule has 0 radical (unpaired) electrons. The molecule has 176 valence electrons. The fraction of sp³-hybridized carbons (Fsp3) is 0.381. The summed E-state index contributed by atoms with van der Waals surface area (Å²) in [4.78, 5) is 14.1. The molecule has 8 nitrogen and oxygen atoms in total. The number of benzene rings is 2. The van der Waals surface area contributed by atoms with Gasteiger partial charge in [0.15, 0.2) is 11.5 Å². The summed E-state index contributed by atoms with van der Waals surface area (Å²) in [5.74, 6) is 0.948. The maximum Gasteiger partial charge on any atom is 0.245 e. The third kappa shape index (κ3) is 5.78. The van der Waals surface area contributed by atoms with Gasteiger partial charge in [0.1, 0.15) is 4.90 Å². The first-order chi connectivity index (χ1) is 15.1. The van der Waals surface area contributed by atoms with Crippen LogP contribution in [0, 0.1) is 0 Å². The Morgan fingerprint density at radius 2 is 1.59 bits per heavy atom. The topological polar surface area (TPSA) is 85.4 Å². The molecule has 0 bridgehead atoms. The molecule has 0 heterocycles. The highest BCUT2D eigenvalue weighted by atomic mass is 35.5. The van der Waals surface area contributed by atoms with E-state index in [9.17, 15) is 13.2 Å². The summed E-state index contributed by atoms with van der Waals surface area (Å²) in [5.41, 5.74) is 0.721. The molecule has 0 spiro atoms. The normalized spacial score (nSPS) is 11.4. The summed E-state index contributed by atoms with van der Waals surface area (Å²) in [6.07, 6.45) is 0. The highest BCUT2D eigenvalue weighted by Crippen LogP contribution is 2.38. The molecular formula is C21H26Cl2N2O6S. The lowest BCUT2D eigenvalue weighted by Crippen LogP contribution is -2.41. The molecule has 0 saturated heterocycles. The van der Waals surface area contributed by atoms with Crippen LogP contribution < -0.4 is 14.2 Å². The first kappa shape index (κ1) is 26.1. The molecular weight excluding hydrogens is 479 g/mol. The van der Waals surface area contributed by atoms with Crippen molar-refractivity contribution in [1.82, 2.24) is 9.21 Å². The van der Waals surface area contributed by atoms with E-state index >= 15 is 0 Å². The highest BCUT2D eigenvalue weighted by Gasteiger charge is 2.29. The number of carbonyl (C=O) groups excluding carboxylic acids is 1. The van der Waals surface area contributed by atoms with Crippen LogP contribution in [0.1, 0.15) is 12.5 Å². The van der Waals surface area contributed by atoms with Crippen molar-refractivity contribution in [3.05, 3.63) is 45.9 Å². The van der Waals surface area contributed by atoms with Crippen LogP contribution in [0.15, 0.2) is 35.2 Å². The van der Waals surface area contributed by atoms with Gasteiger partial charge in [0.05, 0.1) is 32.9 Å². The lowest BCUT2D eigenvalue weighted by Gasteiger charge is -2.24. The second-order valence-corrected chi connectivity index (χ2v) is 9.54. The molecule has 1 amide bonds. The predicted octanol–water partition coefficient (Wildman–Crippen LogP) is 3.69. The van der Waals surface area contributed by atoms with Crippen molar-refractivity contribution in [2.75, 3.05) is 41.5 Å². The van der Waals surface area contributed by atoms with Crippen molar-refractivity contribution in [3.8, 4) is 17.2 Å². The molecule has 0 N–H and O–H groups in total. The second-order valence-electron chi connectivity index (χ2n) is 6.79. The predicted molar refractivity (Wildman–Crippen MR) is 123 cm³/mol. The van der Waals surface area contributed by atoms with Gasteiger partial charge in [-0.1, -0.05) is 30.1 Å². The van der Waals surface area contributed by atoms with Gasteiger partial charge in [-0.25, -0.2) is 8.42 Å². The fourth-order valence-electron chi connectivity index (χ4n) is 3.04. The van der Waals surface area contributed by atoms with Gasteiger partial charge < -0.3 is 19.1 Å². The number of likely N-dealkylation sites (N-methyl/N-ethyl adjacent to an activating group) is 2. The van der Waals surface area contributed by atoms with Crippen LogP contribution >= 0.6 is 23.2 Å². The van der Waals surface area contributed by atoms with Crippen molar-refractivity contribution in [3.63, 3.8) is 0 Å². The van der Waals surface area contributed by atoms with Crippen LogP contribution in [0.25, 0.3) is 0 Å². The molecule has 32 heavy (non-hydrogen) atoms. The van der Waals surface area contributed by atoms with Gasteiger partial charge in [0, 0.05) is 25.2 Å². The Balaban J connectivity index is 2.23. The summed E-state index contributed by atoms with van der Waals surface area (Å²) in [5, 5.41) is 0.265. The van der Waals surface area contributed by atoms with Crippen LogP contribution in [0.2, 0.25) is 10.0 Å². The summed E-state index contributed by atoms with van der Waals surface area (Å²) < 4.78 is 43.1. The first-order valence-electron chi connectivity index (χ1n) is 9.57. The minimum Gasteiger partial charge on any atom is -0.493 e. The quantitative estimate of drug-likeness (QED) is 0.490. The minimum atomic E-state index is -4.02. The summed E-state index contributed by atoms with van der Waals surface area (Å²) in [7, 11) is 2.06. The summed E-state index contributed by atoms with van der Waals surface area (Å²) in [6, 6.07) is 7.63. The number of carbonyl (C=O) groups is 1. The number of ether oxygens (including phenoxy) is 3. The van der Waals surface area contributed by atoms with Gasteiger partial charge in [0.2, 0.25) is 21.7 Å². The third-order valence-corrected chi connectivity index (χ3v) is 7.38. The number of nitrogens with zero attached hydrogens (tertiary/aromatic N) is 2. The van der Waals surface area contributed by atoms with E-state index < -0.39 is 15.9 Å². The van der Waals surface area contributed by atoms with Gasteiger partial charge in [-0.15, -0.1) is 0 Å². The number of hydrogen-bond acceptors (Lipinski definition) is 6. The molecule has 0 aliphatic carbocycles. The molecule has 0 aliphatic heterocycles. The Morgan fingerprint density at radius 1 is 1.00 bits per heavy atom. The van der Waals surface area contributed by atoms with Gasteiger partial charge in [-0.05, 0) is 35.9 Å². The van der Waals surface area contributed by atoms with E-state index in [1.54, 1.807) is 26.1 Å². The van der Waals surface area contributed by atoms with Crippen LogP contribution in [-0.2, 0) is 21.4 Å². The second kappa shape index (κ2) is 11.1. The Kier molecular flexibility index (Phi) is 9.03. The number of methoxy groups -OCH3 is 3. The number of hydrogen-bond donors (Lipinski definition) is 0. The lowest BCUT2D eigenvalue weighted by molar-refractivity contribution is -0.130. The Labute approximate surface area is 198 Å². The number of amides is 1. The molecule has 11 heteroatoms. The third-order valence-electron chi connectivity index (χ3n) is 4.75. The van der Waals surface area contributed by atoms with Crippen LogP contribution in [0.4, 0.5) is 0 Å². The fourth-order valence-corrected chi connectivity index (χ4v) is 5.18. The molecule has 0 atom stereocenters. The van der Waals surface area contributed by atoms with Crippen molar-refractivity contribution in [2.24, 2.45) is 0 Å². The standard InChI is InChI=1S/C21H26Cl2N2O6S/c1-6-25(32(27,28)19-11-15(22)7-8-16(19)23)13-20(26)24(2)12-14-9-17(29-3)21(31-5)18(10-14)30-4/h7-11H,6,12-13H2,1-5H3. The summed E-state index contributed by atoms with van der Waals surface area (Å²) in [6.45, 7) is 1.56. The van der Waals surface area contributed by atoms with Gasteiger partial charge in [-0.2, -0.15) is 4.31 Å². The van der Waals surface area contributed by atoms with E-state index in [4.69, 9.17) is 37.4 Å². The highest BCUT2D eigenvalue weighted by molar-refractivity contribution is 7.89. The molecule has 0 unspecified atom stereocenters. The average Bonchev–Trinajstić information content (AvgIpc) is 2.77. The first-order valence-corrected chi connectivity index (χ1v) is 11.8. The van der Waals surface area contributed by atoms with E-state index in [0.29, 0.717) is 17.2 Å². The van der Waals surface area contributed by atoms with Crippen molar-refractivity contribution < 1.29 is 27.4 Å². The summed E-state index contributed by atoms with van der Waals surface area (Å²) >= 11 is 12.0. The molecule has 0 saturated carbocycles. The zero-order chi connectivity index (χ0) is 24.1. The zero-order valence-electron chi connectivity index (χ0n) is 18.5. The van der Waals surface area contributed by atoms with E-state index in [0.717, 1.165) is 9.87 Å². The SMILES string of the molecule is CCN(CC(=O)N(C)Cc1cc(OC)c(OC)c(OC)c1)S(=O)(=O)c1cc(Cl)ccc1Cl. The Bertz CT molecular complexity index is 1050. The molecule has 0 aliphatic rings. The molecule has 0 fully saturated rings. The largest absolute Gasteiger partial charge is 0.493 e. The van der Waals surface area contributed by atoms with Gasteiger partial charge in [0.25, 0.3) is 0 Å². The molecule has 0 aromatic heterocycles. The number of rotatable bonds is 10. The van der Waals surface area contributed by atoms with Crippen molar-refractivity contribution >= 4 is 39.1 Å². The van der Waals surface area contributed by atoms with Gasteiger partial charge >= 0.3 is 0 Å². The minimum absolute atomic E-state index is 0.0334. The number of sulfonamides is 1. The smallest absolute Gasteiger partial charge is 0.245 e. The number of halogens is 2. The van der Waals surface area contributed by atoms with E-state index in [2.05, 4.69) is 0 Å². The van der Waals surface area contributed by atoms with Crippen LogP contribution in [0.3, 0.4) is 0 Å². The van der Waals surface area contributed by atoms with E-state index in [-0.39, 0.29) is 34.6 Å². The van der Waals surface area contributed by atoms with Crippen molar-refractivity contribution in [1.29, 1.82) is 0 Å². The lowest BCUT2D eigenvalue weighted by atomic mass is 10.1. The maximum atomic E-state index is 13.1. The Hall–Kier alpha value is -2.20. The van der Waals surface area contributed by atoms with Crippen LogP contribution in [-0.4, -0.2) is 65.0 Å². The Morgan fingerprint density at radius 3 is 2.09 bits per heavy atom. The molecule has 2 rings (SSSR count). The monoisotopic (exact) mass is 504 g/mol. The average molecular weight is 505 g/mol. The van der Waals surface area contributed by atoms with Crippen molar-refractivity contribution in [2.45, 2.75) is 18.4 Å². The maximum absolute atomic E-state index is 13.1. The van der Waals surface area contributed by atoms with E-state index in [1.807, 2.05) is 0 Å². The molecule has 2 aromatic carbocycles. The van der Waals surface area contributed by atoms with Crippen LogP contribution in [0.5, 0.6) is 17.2 Å². The zero-order valence-corrected chi connectivity index (χ0v) is 20.8.